The smallest absolute Gasteiger partial charge is 0.0558 e. The van der Waals surface area contributed by atoms with Crippen LogP contribution >= 0.6 is 15.9 Å². The van der Waals surface area contributed by atoms with Crippen LogP contribution in [0.25, 0.3) is 10.8 Å². The number of halogens is 1. The van der Waals surface area contributed by atoms with Crippen LogP contribution in [0, 0.1) is 13.8 Å². The molecule has 2 nitrogen and oxygen atoms in total. The molecular weight excluding hydrogens is 324 g/mol. The van der Waals surface area contributed by atoms with Gasteiger partial charge in [-0.15, -0.1) is 0 Å². The first-order valence-corrected chi connectivity index (χ1v) is 7.72. The number of aryl methyl sites for hydroxylation is 2. The maximum absolute atomic E-state index is 6.53. The van der Waals surface area contributed by atoms with E-state index in [2.05, 4.69) is 59.0 Å². The molecule has 0 spiro atoms. The Balaban J connectivity index is 2.15. The molecule has 1 unspecified atom stereocenters. The largest absolute Gasteiger partial charge is 0.320 e. The number of benzene rings is 2. The van der Waals surface area contributed by atoms with Gasteiger partial charge in [0.2, 0.25) is 0 Å². The molecule has 0 bridgehead atoms. The lowest BCUT2D eigenvalue weighted by Crippen LogP contribution is -2.13. The van der Waals surface area contributed by atoms with Crippen molar-refractivity contribution in [2.75, 3.05) is 0 Å². The van der Waals surface area contributed by atoms with Crippen molar-refractivity contribution in [1.82, 2.24) is 4.98 Å². The van der Waals surface area contributed by atoms with E-state index in [9.17, 15) is 0 Å². The van der Waals surface area contributed by atoms with Crippen LogP contribution < -0.4 is 5.73 Å². The van der Waals surface area contributed by atoms with Crippen LogP contribution in [-0.4, -0.2) is 4.98 Å². The Hall–Kier alpha value is -1.71. The number of pyridine rings is 1. The zero-order valence-corrected chi connectivity index (χ0v) is 13.7. The first kappa shape index (κ1) is 14.2. The van der Waals surface area contributed by atoms with Crippen LogP contribution in [0.4, 0.5) is 0 Å². The summed E-state index contributed by atoms with van der Waals surface area (Å²) in [6.07, 6.45) is 3.69. The van der Waals surface area contributed by atoms with Crippen molar-refractivity contribution in [2.24, 2.45) is 5.73 Å². The summed E-state index contributed by atoms with van der Waals surface area (Å²) in [7, 11) is 0. The molecule has 0 aliphatic heterocycles. The lowest BCUT2D eigenvalue weighted by Gasteiger charge is -2.17. The molecule has 0 saturated carbocycles. The van der Waals surface area contributed by atoms with Crippen LogP contribution in [0.2, 0.25) is 0 Å². The fraction of sp³-hybridized carbons (Fsp3) is 0.167. The Morgan fingerprint density at radius 3 is 2.52 bits per heavy atom. The molecule has 21 heavy (non-hydrogen) atoms. The topological polar surface area (TPSA) is 38.9 Å². The van der Waals surface area contributed by atoms with Crippen LogP contribution in [0.5, 0.6) is 0 Å². The molecule has 3 rings (SSSR count). The van der Waals surface area contributed by atoms with Gasteiger partial charge in [-0.3, -0.25) is 4.98 Å². The van der Waals surface area contributed by atoms with Crippen molar-refractivity contribution in [3.05, 3.63) is 75.5 Å². The zero-order chi connectivity index (χ0) is 15.0. The maximum atomic E-state index is 6.53. The van der Waals surface area contributed by atoms with E-state index in [1.54, 1.807) is 0 Å². The standard InChI is InChI=1S/C18H17BrN2/c1-11-8-14(9-12(2)17(11)19)18(20)16-5-3-4-13-10-21-7-6-15(13)16/h3-10,18H,20H2,1-2H3. The second-order valence-electron chi connectivity index (χ2n) is 5.39. The summed E-state index contributed by atoms with van der Waals surface area (Å²) >= 11 is 3.61. The normalized spacial score (nSPS) is 12.6. The van der Waals surface area contributed by atoms with Crippen molar-refractivity contribution in [1.29, 1.82) is 0 Å². The van der Waals surface area contributed by atoms with E-state index in [0.717, 1.165) is 21.0 Å². The minimum Gasteiger partial charge on any atom is -0.320 e. The molecule has 0 aliphatic rings. The third-order valence-electron chi connectivity index (χ3n) is 3.87. The molecule has 0 fully saturated rings. The Bertz CT molecular complexity index is 783. The molecule has 3 aromatic rings. The molecular formula is C18H17BrN2. The van der Waals surface area contributed by atoms with Gasteiger partial charge in [-0.1, -0.05) is 46.3 Å². The van der Waals surface area contributed by atoms with E-state index in [0.29, 0.717) is 0 Å². The van der Waals surface area contributed by atoms with Crippen molar-refractivity contribution >= 4 is 26.7 Å². The highest BCUT2D eigenvalue weighted by molar-refractivity contribution is 9.10. The van der Waals surface area contributed by atoms with E-state index in [1.165, 1.54) is 16.5 Å². The number of fused-ring (bicyclic) bond motifs is 1. The first-order chi connectivity index (χ1) is 10.1. The number of nitrogens with two attached hydrogens (primary N) is 1. The molecule has 2 aromatic carbocycles. The van der Waals surface area contributed by atoms with Gasteiger partial charge in [0.25, 0.3) is 0 Å². The van der Waals surface area contributed by atoms with Crippen LogP contribution in [0.1, 0.15) is 28.3 Å². The number of rotatable bonds is 2. The highest BCUT2D eigenvalue weighted by atomic mass is 79.9. The summed E-state index contributed by atoms with van der Waals surface area (Å²) < 4.78 is 1.15. The van der Waals surface area contributed by atoms with Crippen molar-refractivity contribution in [2.45, 2.75) is 19.9 Å². The SMILES string of the molecule is Cc1cc(C(N)c2cccc3cnccc23)cc(C)c1Br. The second-order valence-corrected chi connectivity index (χ2v) is 6.18. The predicted octanol–water partition coefficient (Wildman–Crippen LogP) is 4.66. The molecule has 3 heteroatoms. The molecule has 1 heterocycles. The van der Waals surface area contributed by atoms with Crippen LogP contribution in [0.3, 0.4) is 0 Å². The predicted molar refractivity (Wildman–Crippen MR) is 91.4 cm³/mol. The highest BCUT2D eigenvalue weighted by Gasteiger charge is 2.14. The zero-order valence-electron chi connectivity index (χ0n) is 12.1. The Morgan fingerprint density at radius 1 is 1.10 bits per heavy atom. The van der Waals surface area contributed by atoms with Gasteiger partial charge >= 0.3 is 0 Å². The van der Waals surface area contributed by atoms with Gasteiger partial charge in [0.1, 0.15) is 0 Å². The van der Waals surface area contributed by atoms with E-state index >= 15 is 0 Å². The lowest BCUT2D eigenvalue weighted by atomic mass is 9.93. The second kappa shape index (κ2) is 5.58. The molecule has 1 atom stereocenters. The van der Waals surface area contributed by atoms with Crippen molar-refractivity contribution in [3.63, 3.8) is 0 Å². The summed E-state index contributed by atoms with van der Waals surface area (Å²) in [5, 5.41) is 2.29. The molecule has 0 radical (unpaired) electrons. The quantitative estimate of drug-likeness (QED) is 0.736. The van der Waals surface area contributed by atoms with Gasteiger partial charge < -0.3 is 5.73 Å². The average Bonchev–Trinajstić information content (AvgIpc) is 2.51. The van der Waals surface area contributed by atoms with E-state index in [4.69, 9.17) is 5.73 Å². The Labute approximate surface area is 133 Å². The van der Waals surface area contributed by atoms with Crippen LogP contribution in [0.15, 0.2) is 53.3 Å². The third-order valence-corrected chi connectivity index (χ3v) is 5.12. The fourth-order valence-corrected chi connectivity index (χ4v) is 2.99. The summed E-state index contributed by atoms with van der Waals surface area (Å²) in [6, 6.07) is 12.4. The van der Waals surface area contributed by atoms with Crippen LogP contribution in [-0.2, 0) is 0 Å². The average molecular weight is 341 g/mol. The monoisotopic (exact) mass is 340 g/mol. The van der Waals surface area contributed by atoms with Gasteiger partial charge in [-0.25, -0.2) is 0 Å². The summed E-state index contributed by atoms with van der Waals surface area (Å²) in [5.74, 6) is 0. The van der Waals surface area contributed by atoms with Crippen molar-refractivity contribution < 1.29 is 0 Å². The molecule has 2 N–H and O–H groups in total. The van der Waals surface area contributed by atoms with Gasteiger partial charge in [-0.05, 0) is 47.6 Å². The molecule has 0 amide bonds. The van der Waals surface area contributed by atoms with Gasteiger partial charge in [0.05, 0.1) is 6.04 Å². The first-order valence-electron chi connectivity index (χ1n) is 6.93. The Morgan fingerprint density at radius 2 is 1.81 bits per heavy atom. The maximum Gasteiger partial charge on any atom is 0.0558 e. The number of nitrogens with zero attached hydrogens (tertiary/aromatic N) is 1. The minimum absolute atomic E-state index is 0.137. The number of hydrogen-bond acceptors (Lipinski definition) is 2. The minimum atomic E-state index is -0.137. The van der Waals surface area contributed by atoms with Gasteiger partial charge in [0, 0.05) is 22.3 Å². The number of hydrogen-bond donors (Lipinski definition) is 1. The Kier molecular flexibility index (Phi) is 3.79. The third kappa shape index (κ3) is 2.59. The summed E-state index contributed by atoms with van der Waals surface area (Å²) in [5.41, 5.74) is 11.2. The van der Waals surface area contributed by atoms with Crippen molar-refractivity contribution in [3.8, 4) is 0 Å². The van der Waals surface area contributed by atoms with E-state index in [-0.39, 0.29) is 6.04 Å². The molecule has 0 saturated heterocycles. The molecule has 1 aromatic heterocycles. The van der Waals surface area contributed by atoms with E-state index < -0.39 is 0 Å². The van der Waals surface area contributed by atoms with E-state index in [1.807, 2.05) is 24.5 Å². The lowest BCUT2D eigenvalue weighted by molar-refractivity contribution is 0.876. The molecule has 0 aliphatic carbocycles. The fourth-order valence-electron chi connectivity index (χ4n) is 2.76. The number of aromatic nitrogens is 1. The van der Waals surface area contributed by atoms with Gasteiger partial charge in [0.15, 0.2) is 0 Å². The summed E-state index contributed by atoms with van der Waals surface area (Å²) in [6.45, 7) is 4.20. The summed E-state index contributed by atoms with van der Waals surface area (Å²) in [4.78, 5) is 4.18. The molecule has 106 valence electrons. The highest BCUT2D eigenvalue weighted by Crippen LogP contribution is 2.30. The van der Waals surface area contributed by atoms with Gasteiger partial charge in [-0.2, -0.15) is 0 Å².